The fourth-order valence-electron chi connectivity index (χ4n) is 1.96. The number of rotatable bonds is 2. The van der Waals surface area contributed by atoms with Gasteiger partial charge < -0.3 is 0 Å². The van der Waals surface area contributed by atoms with E-state index in [4.69, 9.17) is 0 Å². The van der Waals surface area contributed by atoms with Crippen LogP contribution in [0.5, 0.6) is 0 Å². The molecule has 2 nitrogen and oxygen atoms in total. The molecule has 0 atom stereocenters. The normalized spacial score (nSPS) is 14.8. The maximum Gasteiger partial charge on any atom is 0.0857 e. The Hall–Kier alpha value is -1.99. The molecule has 2 aromatic rings. The van der Waals surface area contributed by atoms with Gasteiger partial charge in [0.2, 0.25) is 0 Å². The van der Waals surface area contributed by atoms with E-state index in [9.17, 15) is 0 Å². The van der Waals surface area contributed by atoms with Crippen LogP contribution in [-0.2, 0) is 16.5 Å². The maximum atomic E-state index is 4.10. The largest absolute Gasteiger partial charge is 0.151 e. The molecule has 0 heterocycles. The Bertz CT molecular complexity index is 537. The summed E-state index contributed by atoms with van der Waals surface area (Å²) in [6.07, 6.45) is 14.0. The molecule has 23 heavy (non-hydrogen) atoms. The molecule has 122 valence electrons. The number of hydrogen-bond acceptors (Lipinski definition) is 2. The van der Waals surface area contributed by atoms with E-state index in [1.807, 2.05) is 60.7 Å². The fraction of sp³-hybridized carbons (Fsp3) is 0.200. The van der Waals surface area contributed by atoms with Crippen LogP contribution in [0, 0.1) is 0 Å². The summed E-state index contributed by atoms with van der Waals surface area (Å²) in [5.74, 6) is 0. The molecule has 1 aliphatic carbocycles. The molecule has 1 aliphatic rings. The van der Waals surface area contributed by atoms with Gasteiger partial charge in [0.1, 0.15) is 0 Å². The van der Waals surface area contributed by atoms with E-state index in [1.54, 1.807) is 0 Å². The number of benzene rings is 2. The Morgan fingerprint density at radius 3 is 1.09 bits per heavy atom. The molecule has 2 aromatic carbocycles. The van der Waals surface area contributed by atoms with Crippen molar-refractivity contribution in [3.63, 3.8) is 0 Å². The molecule has 0 aromatic heterocycles. The van der Waals surface area contributed by atoms with Crippen molar-refractivity contribution in [3.8, 4) is 0 Å². The van der Waals surface area contributed by atoms with Crippen molar-refractivity contribution in [3.05, 3.63) is 85.0 Å². The van der Waals surface area contributed by atoms with Gasteiger partial charge in [0.15, 0.2) is 0 Å². The van der Waals surface area contributed by atoms with E-state index in [1.165, 1.54) is 25.7 Å². The second-order valence-corrected chi connectivity index (χ2v) is 4.97. The summed E-state index contributed by atoms with van der Waals surface area (Å²) in [6.45, 7) is 0. The first-order chi connectivity index (χ1) is 10.9. The zero-order valence-electron chi connectivity index (χ0n) is 13.1. The quantitative estimate of drug-likeness (QED) is 0.325. The summed E-state index contributed by atoms with van der Waals surface area (Å²) in [5.41, 5.74) is 1.74. The molecule has 0 N–H and O–H groups in total. The van der Waals surface area contributed by atoms with Crippen molar-refractivity contribution >= 4 is 11.4 Å². The van der Waals surface area contributed by atoms with Crippen LogP contribution in [0.2, 0.25) is 0 Å². The van der Waals surface area contributed by atoms with Gasteiger partial charge in [-0.15, -0.1) is 0 Å². The minimum Gasteiger partial charge on any atom is -0.151 e. The molecule has 0 radical (unpaired) electrons. The molecular formula is C20H22N2Ni. The van der Waals surface area contributed by atoms with Crippen molar-refractivity contribution in [2.75, 3.05) is 0 Å². The number of azo groups is 1. The van der Waals surface area contributed by atoms with Gasteiger partial charge in [0.05, 0.1) is 11.4 Å². The minimum atomic E-state index is 0. The zero-order valence-corrected chi connectivity index (χ0v) is 14.1. The van der Waals surface area contributed by atoms with Crippen molar-refractivity contribution in [2.24, 2.45) is 10.2 Å². The van der Waals surface area contributed by atoms with Crippen LogP contribution < -0.4 is 0 Å². The molecule has 0 saturated carbocycles. The number of nitrogens with zero attached hydrogens (tertiary/aromatic N) is 2. The Morgan fingerprint density at radius 2 is 0.783 bits per heavy atom. The first-order valence-electron chi connectivity index (χ1n) is 7.77. The molecule has 0 amide bonds. The smallest absolute Gasteiger partial charge is 0.0857 e. The van der Waals surface area contributed by atoms with Gasteiger partial charge in [-0.3, -0.25) is 0 Å². The van der Waals surface area contributed by atoms with Crippen molar-refractivity contribution in [1.29, 1.82) is 0 Å². The summed E-state index contributed by atoms with van der Waals surface area (Å²) < 4.78 is 0. The van der Waals surface area contributed by atoms with Crippen LogP contribution >= 0.6 is 0 Å². The molecule has 0 spiro atoms. The first kappa shape index (κ1) is 19.1. The van der Waals surface area contributed by atoms with E-state index in [0.29, 0.717) is 0 Å². The van der Waals surface area contributed by atoms with Crippen LogP contribution in [-0.4, -0.2) is 0 Å². The van der Waals surface area contributed by atoms with Gasteiger partial charge in [-0.25, -0.2) is 0 Å². The Labute approximate surface area is 149 Å². The number of hydrogen-bond donors (Lipinski definition) is 0. The molecule has 0 saturated heterocycles. The zero-order chi connectivity index (χ0) is 15.3. The molecule has 0 fully saturated rings. The van der Waals surface area contributed by atoms with E-state index in [-0.39, 0.29) is 16.5 Å². The third-order valence-electron chi connectivity index (χ3n) is 3.13. The van der Waals surface area contributed by atoms with Gasteiger partial charge in [0.25, 0.3) is 0 Å². The van der Waals surface area contributed by atoms with Crippen LogP contribution in [0.15, 0.2) is 95.2 Å². The monoisotopic (exact) mass is 348 g/mol. The van der Waals surface area contributed by atoms with Crippen molar-refractivity contribution in [1.82, 2.24) is 0 Å². The van der Waals surface area contributed by atoms with E-state index < -0.39 is 0 Å². The average Bonchev–Trinajstić information content (AvgIpc) is 2.55. The number of allylic oxidation sites excluding steroid dienone is 4. The van der Waals surface area contributed by atoms with Gasteiger partial charge in [-0.1, -0.05) is 60.7 Å². The SMILES string of the molecule is C1=CCC/C=C\CC1.[Ni].c1ccc(N=Nc2ccccc2)cc1. The third-order valence-corrected chi connectivity index (χ3v) is 3.13. The second kappa shape index (κ2) is 12.5. The van der Waals surface area contributed by atoms with E-state index in [2.05, 4.69) is 34.5 Å². The fourth-order valence-corrected chi connectivity index (χ4v) is 1.96. The summed E-state index contributed by atoms with van der Waals surface area (Å²) in [4.78, 5) is 0. The van der Waals surface area contributed by atoms with E-state index >= 15 is 0 Å². The third kappa shape index (κ3) is 8.90. The molecule has 0 unspecified atom stereocenters. The Balaban J connectivity index is 0.000000253. The van der Waals surface area contributed by atoms with E-state index in [0.717, 1.165) is 11.4 Å². The van der Waals surface area contributed by atoms with Gasteiger partial charge in [-0.2, -0.15) is 10.2 Å². The van der Waals surface area contributed by atoms with Crippen LogP contribution in [0.25, 0.3) is 0 Å². The van der Waals surface area contributed by atoms with Gasteiger partial charge >= 0.3 is 0 Å². The standard InChI is InChI=1S/C12H10N2.C8H12.Ni/c1-3-7-11(8-4-1)13-14-12-9-5-2-6-10-12;1-2-4-6-8-7-5-3-1;/h1-10H;1-2,7-8H,3-6H2;/b;2-1-,8-7?;. The maximum absolute atomic E-state index is 4.10. The van der Waals surface area contributed by atoms with Crippen LogP contribution in [0.1, 0.15) is 25.7 Å². The van der Waals surface area contributed by atoms with Crippen LogP contribution in [0.3, 0.4) is 0 Å². The van der Waals surface area contributed by atoms with Crippen molar-refractivity contribution < 1.29 is 16.5 Å². The topological polar surface area (TPSA) is 24.7 Å². The second-order valence-electron chi connectivity index (χ2n) is 4.97. The molecule has 3 heteroatoms. The minimum absolute atomic E-state index is 0. The first-order valence-corrected chi connectivity index (χ1v) is 7.77. The molecule has 3 rings (SSSR count). The predicted molar refractivity (Wildman–Crippen MR) is 93.8 cm³/mol. The molecule has 0 bridgehead atoms. The summed E-state index contributed by atoms with van der Waals surface area (Å²) >= 11 is 0. The predicted octanol–water partition coefficient (Wildman–Crippen LogP) is 6.77. The average molecular weight is 349 g/mol. The molecule has 0 aliphatic heterocycles. The van der Waals surface area contributed by atoms with Gasteiger partial charge in [0, 0.05) is 16.5 Å². The summed E-state index contributed by atoms with van der Waals surface area (Å²) in [5, 5.41) is 8.20. The Kier molecular flexibility index (Phi) is 10.4. The molecular weight excluding hydrogens is 327 g/mol. The summed E-state index contributed by atoms with van der Waals surface area (Å²) in [6, 6.07) is 19.4. The van der Waals surface area contributed by atoms with Crippen LogP contribution in [0.4, 0.5) is 11.4 Å². The Morgan fingerprint density at radius 1 is 0.478 bits per heavy atom. The summed E-state index contributed by atoms with van der Waals surface area (Å²) in [7, 11) is 0. The van der Waals surface area contributed by atoms with Crippen molar-refractivity contribution in [2.45, 2.75) is 25.7 Å². The van der Waals surface area contributed by atoms with Gasteiger partial charge in [-0.05, 0) is 49.9 Å².